The zero-order valence-electron chi connectivity index (χ0n) is 11.1. The fourth-order valence-corrected chi connectivity index (χ4v) is 2.30. The summed E-state index contributed by atoms with van der Waals surface area (Å²) < 4.78 is 5.45. The fraction of sp³-hybridized carbons (Fsp3) is 0.600. The lowest BCUT2D eigenvalue weighted by Gasteiger charge is -2.23. The minimum absolute atomic E-state index is 0.0906. The molecule has 1 aromatic rings. The minimum atomic E-state index is -0.0906. The highest BCUT2D eigenvalue weighted by Crippen LogP contribution is 2.47. The van der Waals surface area contributed by atoms with Crippen molar-refractivity contribution in [3.05, 3.63) is 35.4 Å². The molecule has 0 unspecified atom stereocenters. The lowest BCUT2D eigenvalue weighted by molar-refractivity contribution is 0.0232. The van der Waals surface area contributed by atoms with Crippen LogP contribution in [-0.4, -0.2) is 19.3 Å². The Labute approximate surface area is 104 Å². The van der Waals surface area contributed by atoms with E-state index in [4.69, 9.17) is 10.5 Å². The van der Waals surface area contributed by atoms with Crippen LogP contribution in [0.4, 0.5) is 0 Å². The van der Waals surface area contributed by atoms with E-state index in [0.717, 1.165) is 13.0 Å². The van der Waals surface area contributed by atoms with Gasteiger partial charge in [0.2, 0.25) is 0 Å². The minimum Gasteiger partial charge on any atom is -0.378 e. The second-order valence-electron chi connectivity index (χ2n) is 5.82. The molecule has 1 aliphatic carbocycles. The summed E-state index contributed by atoms with van der Waals surface area (Å²) in [6.07, 6.45) is 3.43. The maximum absolute atomic E-state index is 5.84. The van der Waals surface area contributed by atoms with Crippen molar-refractivity contribution in [2.75, 3.05) is 13.7 Å². The number of rotatable bonds is 5. The Bertz CT molecular complexity index is 376. The molecule has 0 heterocycles. The Kier molecular flexibility index (Phi) is 3.28. The van der Waals surface area contributed by atoms with Gasteiger partial charge in [0.1, 0.15) is 0 Å². The molecule has 17 heavy (non-hydrogen) atoms. The third-order valence-electron chi connectivity index (χ3n) is 3.99. The van der Waals surface area contributed by atoms with E-state index in [1.165, 1.54) is 24.0 Å². The molecule has 0 spiro atoms. The Morgan fingerprint density at radius 1 is 1.24 bits per heavy atom. The van der Waals surface area contributed by atoms with E-state index in [0.29, 0.717) is 5.41 Å². The monoisotopic (exact) mass is 233 g/mol. The Morgan fingerprint density at radius 2 is 1.82 bits per heavy atom. The van der Waals surface area contributed by atoms with Gasteiger partial charge in [-0.3, -0.25) is 0 Å². The highest BCUT2D eigenvalue weighted by molar-refractivity contribution is 5.34. The van der Waals surface area contributed by atoms with E-state index in [-0.39, 0.29) is 5.60 Å². The second-order valence-corrected chi connectivity index (χ2v) is 5.82. The first-order valence-corrected chi connectivity index (χ1v) is 6.36. The van der Waals surface area contributed by atoms with Crippen molar-refractivity contribution in [1.82, 2.24) is 0 Å². The first-order chi connectivity index (χ1) is 8.01. The highest BCUT2D eigenvalue weighted by atomic mass is 16.5. The van der Waals surface area contributed by atoms with E-state index in [1.807, 2.05) is 0 Å². The predicted octanol–water partition coefficient (Wildman–Crippen LogP) is 2.64. The van der Waals surface area contributed by atoms with Gasteiger partial charge in [0.05, 0.1) is 5.60 Å². The van der Waals surface area contributed by atoms with Crippen molar-refractivity contribution in [2.24, 2.45) is 5.73 Å². The molecule has 1 saturated carbocycles. The van der Waals surface area contributed by atoms with Crippen LogP contribution in [0, 0.1) is 0 Å². The standard InChI is InChI=1S/C15H23NO/c1-14(2,17-3)10-12-4-6-13(7-5-12)15(11-16)8-9-15/h4-7H,8-11,16H2,1-3H3. The number of ether oxygens (including phenoxy) is 1. The second kappa shape index (κ2) is 4.43. The number of nitrogens with two attached hydrogens (primary N) is 1. The zero-order valence-corrected chi connectivity index (χ0v) is 11.1. The number of hydrogen-bond acceptors (Lipinski definition) is 2. The average molecular weight is 233 g/mol. The Morgan fingerprint density at radius 3 is 2.24 bits per heavy atom. The van der Waals surface area contributed by atoms with Gasteiger partial charge in [-0.05, 0) is 37.8 Å². The van der Waals surface area contributed by atoms with Gasteiger partial charge >= 0.3 is 0 Å². The molecule has 1 fully saturated rings. The summed E-state index contributed by atoms with van der Waals surface area (Å²) >= 11 is 0. The van der Waals surface area contributed by atoms with Crippen molar-refractivity contribution in [1.29, 1.82) is 0 Å². The lowest BCUT2D eigenvalue weighted by Crippen LogP contribution is -2.25. The van der Waals surface area contributed by atoms with Gasteiger partial charge in [-0.2, -0.15) is 0 Å². The SMILES string of the molecule is COC(C)(C)Cc1ccc(C2(CN)CC2)cc1. The van der Waals surface area contributed by atoms with E-state index in [2.05, 4.69) is 38.1 Å². The van der Waals surface area contributed by atoms with Gasteiger partial charge in [0.15, 0.2) is 0 Å². The fourth-order valence-electron chi connectivity index (χ4n) is 2.30. The summed E-state index contributed by atoms with van der Waals surface area (Å²) in [5.74, 6) is 0. The number of methoxy groups -OCH3 is 1. The van der Waals surface area contributed by atoms with Gasteiger partial charge in [0, 0.05) is 25.5 Å². The van der Waals surface area contributed by atoms with Crippen LogP contribution in [0.15, 0.2) is 24.3 Å². The van der Waals surface area contributed by atoms with Crippen LogP contribution in [0.2, 0.25) is 0 Å². The van der Waals surface area contributed by atoms with Crippen LogP contribution in [0.5, 0.6) is 0 Å². The van der Waals surface area contributed by atoms with Crippen LogP contribution in [0.1, 0.15) is 37.8 Å². The Hall–Kier alpha value is -0.860. The van der Waals surface area contributed by atoms with Crippen LogP contribution in [0.3, 0.4) is 0 Å². The van der Waals surface area contributed by atoms with Gasteiger partial charge < -0.3 is 10.5 Å². The zero-order chi connectivity index (χ0) is 12.5. The van der Waals surface area contributed by atoms with E-state index in [1.54, 1.807) is 7.11 Å². The predicted molar refractivity (Wildman–Crippen MR) is 71.2 cm³/mol. The molecule has 2 heteroatoms. The van der Waals surface area contributed by atoms with Gasteiger partial charge in [0.25, 0.3) is 0 Å². The van der Waals surface area contributed by atoms with Crippen LogP contribution in [0.25, 0.3) is 0 Å². The number of hydrogen-bond donors (Lipinski definition) is 1. The summed E-state index contributed by atoms with van der Waals surface area (Å²) in [6, 6.07) is 8.90. The molecule has 0 aromatic heterocycles. The molecule has 2 nitrogen and oxygen atoms in total. The van der Waals surface area contributed by atoms with Crippen LogP contribution >= 0.6 is 0 Å². The first kappa shape index (κ1) is 12.6. The van der Waals surface area contributed by atoms with Crippen LogP contribution < -0.4 is 5.73 Å². The normalized spacial score (nSPS) is 18.1. The molecule has 0 atom stereocenters. The average Bonchev–Trinajstić information content (AvgIpc) is 3.10. The number of benzene rings is 1. The molecule has 0 radical (unpaired) electrons. The molecule has 0 amide bonds. The molecule has 1 aromatic carbocycles. The molecule has 1 aliphatic rings. The van der Waals surface area contributed by atoms with E-state index < -0.39 is 0 Å². The van der Waals surface area contributed by atoms with E-state index in [9.17, 15) is 0 Å². The quantitative estimate of drug-likeness (QED) is 0.848. The highest BCUT2D eigenvalue weighted by Gasteiger charge is 2.42. The summed E-state index contributed by atoms with van der Waals surface area (Å²) in [5.41, 5.74) is 8.78. The van der Waals surface area contributed by atoms with E-state index >= 15 is 0 Å². The topological polar surface area (TPSA) is 35.2 Å². The first-order valence-electron chi connectivity index (χ1n) is 6.36. The lowest BCUT2D eigenvalue weighted by atomic mass is 9.92. The van der Waals surface area contributed by atoms with Crippen molar-refractivity contribution in [3.8, 4) is 0 Å². The smallest absolute Gasteiger partial charge is 0.0662 e. The maximum Gasteiger partial charge on any atom is 0.0662 e. The molecular formula is C15H23NO. The summed E-state index contributed by atoms with van der Waals surface area (Å²) in [6.45, 7) is 5.00. The van der Waals surface area contributed by atoms with Crippen molar-refractivity contribution < 1.29 is 4.74 Å². The molecule has 2 rings (SSSR count). The molecule has 0 saturated heterocycles. The molecule has 0 bridgehead atoms. The molecular weight excluding hydrogens is 210 g/mol. The van der Waals surface area contributed by atoms with Crippen molar-refractivity contribution in [3.63, 3.8) is 0 Å². The van der Waals surface area contributed by atoms with Crippen molar-refractivity contribution >= 4 is 0 Å². The van der Waals surface area contributed by atoms with Gasteiger partial charge in [-0.25, -0.2) is 0 Å². The Balaban J connectivity index is 2.09. The molecule has 0 aliphatic heterocycles. The summed E-state index contributed by atoms with van der Waals surface area (Å²) in [4.78, 5) is 0. The largest absolute Gasteiger partial charge is 0.378 e. The van der Waals surface area contributed by atoms with Gasteiger partial charge in [-0.1, -0.05) is 24.3 Å². The van der Waals surface area contributed by atoms with Gasteiger partial charge in [-0.15, -0.1) is 0 Å². The van der Waals surface area contributed by atoms with Crippen LogP contribution in [-0.2, 0) is 16.6 Å². The molecule has 2 N–H and O–H groups in total. The third-order valence-corrected chi connectivity index (χ3v) is 3.99. The summed E-state index contributed by atoms with van der Waals surface area (Å²) in [5, 5.41) is 0. The maximum atomic E-state index is 5.84. The summed E-state index contributed by atoms with van der Waals surface area (Å²) in [7, 11) is 1.77. The van der Waals surface area contributed by atoms with Crippen molar-refractivity contribution in [2.45, 2.75) is 44.1 Å². The third kappa shape index (κ3) is 2.70. The molecule has 94 valence electrons.